The van der Waals surface area contributed by atoms with Crippen molar-refractivity contribution in [3.8, 4) is 16.9 Å². The molecule has 1 N–H and O–H groups in total. The smallest absolute Gasteiger partial charge is 0.264 e. The van der Waals surface area contributed by atoms with Gasteiger partial charge in [0.2, 0.25) is 0 Å². The van der Waals surface area contributed by atoms with Crippen LogP contribution in [-0.4, -0.2) is 41.0 Å². The molecule has 0 unspecified atom stereocenters. The molecule has 0 amide bonds. The van der Waals surface area contributed by atoms with Gasteiger partial charge in [-0.15, -0.1) is 11.3 Å². The van der Waals surface area contributed by atoms with E-state index in [1.54, 1.807) is 16.0 Å². The summed E-state index contributed by atoms with van der Waals surface area (Å²) in [5, 5.41) is 15.0. The van der Waals surface area contributed by atoms with Crippen LogP contribution in [-0.2, 0) is 19.4 Å². The van der Waals surface area contributed by atoms with Gasteiger partial charge in [0.25, 0.3) is 5.56 Å². The Bertz CT molecular complexity index is 1550. The molecule has 0 fully saturated rings. The molecular formula is C22H18N6O2S. The van der Waals surface area contributed by atoms with Crippen molar-refractivity contribution in [2.24, 2.45) is 0 Å². The molecule has 0 bridgehead atoms. The molecule has 5 aromatic rings. The van der Waals surface area contributed by atoms with Crippen LogP contribution in [0.1, 0.15) is 16.3 Å². The number of thiophene rings is 1. The summed E-state index contributed by atoms with van der Waals surface area (Å²) in [6.07, 6.45) is 4.95. The van der Waals surface area contributed by atoms with E-state index >= 15 is 0 Å². The lowest BCUT2D eigenvalue weighted by atomic mass is 9.89. The lowest BCUT2D eigenvalue weighted by Gasteiger charge is -2.17. The summed E-state index contributed by atoms with van der Waals surface area (Å²) in [6.45, 7) is 1.93. The Labute approximate surface area is 180 Å². The van der Waals surface area contributed by atoms with Crippen LogP contribution in [0.3, 0.4) is 0 Å². The monoisotopic (exact) mass is 430 g/mol. The number of aryl methyl sites for hydroxylation is 3. The summed E-state index contributed by atoms with van der Waals surface area (Å²) in [4.78, 5) is 28.9. The zero-order chi connectivity index (χ0) is 21.1. The number of aliphatic hydroxyl groups is 1. The van der Waals surface area contributed by atoms with Crippen LogP contribution in [0.25, 0.3) is 38.2 Å². The van der Waals surface area contributed by atoms with Crippen LogP contribution in [0.5, 0.6) is 0 Å². The summed E-state index contributed by atoms with van der Waals surface area (Å²) in [7, 11) is 0. The predicted molar refractivity (Wildman–Crippen MR) is 119 cm³/mol. The summed E-state index contributed by atoms with van der Waals surface area (Å²) in [6, 6.07) is 8.45. The van der Waals surface area contributed by atoms with Gasteiger partial charge in [-0.1, -0.05) is 24.3 Å². The number of hydrogen-bond donors (Lipinski definition) is 1. The molecule has 0 atom stereocenters. The lowest BCUT2D eigenvalue weighted by Crippen LogP contribution is -2.22. The highest BCUT2D eigenvalue weighted by Crippen LogP contribution is 2.45. The first-order valence-electron chi connectivity index (χ1n) is 10.1. The third kappa shape index (κ3) is 2.67. The molecule has 4 heterocycles. The Morgan fingerprint density at radius 3 is 2.94 bits per heavy atom. The molecule has 9 heteroatoms. The van der Waals surface area contributed by atoms with Crippen LogP contribution in [0.4, 0.5) is 0 Å². The number of aliphatic hydroxyl groups excluding tert-OH is 1. The second-order valence-electron chi connectivity index (χ2n) is 7.59. The van der Waals surface area contributed by atoms with E-state index in [4.69, 9.17) is 9.97 Å². The van der Waals surface area contributed by atoms with Gasteiger partial charge in [-0.25, -0.2) is 15.0 Å². The quantitative estimate of drug-likeness (QED) is 0.473. The average molecular weight is 430 g/mol. The van der Waals surface area contributed by atoms with Crippen molar-refractivity contribution in [1.82, 2.24) is 29.3 Å². The van der Waals surface area contributed by atoms with Crippen molar-refractivity contribution >= 4 is 32.6 Å². The number of benzene rings is 1. The third-order valence-electron chi connectivity index (χ3n) is 5.72. The van der Waals surface area contributed by atoms with Crippen molar-refractivity contribution < 1.29 is 5.11 Å². The van der Waals surface area contributed by atoms with Gasteiger partial charge in [0.15, 0.2) is 11.5 Å². The van der Waals surface area contributed by atoms with E-state index in [2.05, 4.69) is 34.3 Å². The maximum Gasteiger partial charge on any atom is 0.264 e. The molecular weight excluding hydrogens is 412 g/mol. The Balaban J connectivity index is 1.68. The van der Waals surface area contributed by atoms with Gasteiger partial charge in [-0.2, -0.15) is 9.78 Å². The second kappa shape index (κ2) is 6.79. The second-order valence-corrected chi connectivity index (χ2v) is 8.68. The molecule has 0 saturated carbocycles. The fourth-order valence-electron chi connectivity index (χ4n) is 4.35. The molecule has 6 rings (SSSR count). The van der Waals surface area contributed by atoms with Crippen LogP contribution >= 0.6 is 11.3 Å². The number of hydrogen-bond acceptors (Lipinski definition) is 7. The Hall–Kier alpha value is -3.43. The molecule has 4 aromatic heterocycles. The summed E-state index contributed by atoms with van der Waals surface area (Å²) in [5.74, 6) is 1.28. The summed E-state index contributed by atoms with van der Waals surface area (Å²) < 4.78 is 3.03. The first kappa shape index (κ1) is 18.3. The minimum absolute atomic E-state index is 0.132. The van der Waals surface area contributed by atoms with Crippen molar-refractivity contribution in [2.75, 3.05) is 6.61 Å². The van der Waals surface area contributed by atoms with E-state index in [9.17, 15) is 9.90 Å². The van der Waals surface area contributed by atoms with Crippen LogP contribution in [0, 0.1) is 6.92 Å². The van der Waals surface area contributed by atoms with E-state index < -0.39 is 0 Å². The molecule has 0 radical (unpaired) electrons. The predicted octanol–water partition coefficient (Wildman–Crippen LogP) is 2.65. The fourth-order valence-corrected chi connectivity index (χ4v) is 5.57. The van der Waals surface area contributed by atoms with Gasteiger partial charge in [-0.3, -0.25) is 9.36 Å². The van der Waals surface area contributed by atoms with E-state index in [-0.39, 0.29) is 18.7 Å². The molecule has 1 aliphatic rings. The van der Waals surface area contributed by atoms with Gasteiger partial charge in [-0.05, 0) is 30.9 Å². The summed E-state index contributed by atoms with van der Waals surface area (Å²) in [5.41, 5.74) is 3.90. The normalized spacial score (nSPS) is 13.0. The molecule has 1 aliphatic carbocycles. The van der Waals surface area contributed by atoms with Gasteiger partial charge in [0.05, 0.1) is 24.7 Å². The average Bonchev–Trinajstić information content (AvgIpc) is 3.37. The first-order chi connectivity index (χ1) is 15.2. The Morgan fingerprint density at radius 1 is 1.19 bits per heavy atom. The van der Waals surface area contributed by atoms with Crippen LogP contribution < -0.4 is 5.56 Å². The molecule has 8 nitrogen and oxygen atoms in total. The lowest BCUT2D eigenvalue weighted by molar-refractivity contribution is 0.274. The van der Waals surface area contributed by atoms with Crippen molar-refractivity contribution in [3.63, 3.8) is 0 Å². The van der Waals surface area contributed by atoms with E-state index in [0.717, 1.165) is 28.6 Å². The van der Waals surface area contributed by atoms with Gasteiger partial charge in [0.1, 0.15) is 22.4 Å². The van der Waals surface area contributed by atoms with E-state index in [1.807, 2.05) is 6.92 Å². The van der Waals surface area contributed by atoms with Gasteiger partial charge in [0, 0.05) is 10.4 Å². The third-order valence-corrected chi connectivity index (χ3v) is 6.86. The highest BCUT2D eigenvalue weighted by atomic mass is 32.1. The Kier molecular flexibility index (Phi) is 4.02. The molecule has 0 aliphatic heterocycles. The van der Waals surface area contributed by atoms with Gasteiger partial charge < -0.3 is 5.11 Å². The summed E-state index contributed by atoms with van der Waals surface area (Å²) >= 11 is 1.70. The van der Waals surface area contributed by atoms with Crippen LogP contribution in [0.2, 0.25) is 0 Å². The zero-order valence-electron chi connectivity index (χ0n) is 16.7. The largest absolute Gasteiger partial charge is 0.395 e. The Morgan fingerprint density at radius 2 is 2.06 bits per heavy atom. The minimum atomic E-state index is -0.231. The molecule has 0 spiro atoms. The SMILES string of the molecule is Cc1nc(-n2ncc3c(=O)n(CCO)cnc32)c2c3c(sc2n1)CCc1ccccc1-3. The first-order valence-corrected chi connectivity index (χ1v) is 10.9. The maximum atomic E-state index is 12.8. The molecule has 1 aromatic carbocycles. The number of aromatic nitrogens is 6. The molecule has 31 heavy (non-hydrogen) atoms. The highest BCUT2D eigenvalue weighted by molar-refractivity contribution is 7.19. The standard InChI is InChI=1S/C22H18N6O2S/c1-12-25-20(28-19-15(10-24-28)22(30)27(8-9-29)11-23-19)18-17-14-5-3-2-4-13(14)6-7-16(17)31-21(18)26-12/h2-5,10-11,29H,6-9H2,1H3. The molecule has 154 valence electrons. The van der Waals surface area contributed by atoms with Crippen molar-refractivity contribution in [2.45, 2.75) is 26.3 Å². The number of nitrogens with zero attached hydrogens (tertiary/aromatic N) is 6. The number of fused-ring (bicyclic) bond motifs is 6. The number of rotatable bonds is 3. The van der Waals surface area contributed by atoms with Crippen molar-refractivity contribution in [3.05, 3.63) is 63.4 Å². The highest BCUT2D eigenvalue weighted by Gasteiger charge is 2.26. The van der Waals surface area contributed by atoms with Gasteiger partial charge >= 0.3 is 0 Å². The minimum Gasteiger partial charge on any atom is -0.395 e. The maximum absolute atomic E-state index is 12.8. The fraction of sp³-hybridized carbons (Fsp3) is 0.227. The van der Waals surface area contributed by atoms with Crippen LogP contribution in [0.15, 0.2) is 41.6 Å². The topological polar surface area (TPSA) is 98.7 Å². The molecule has 0 saturated heterocycles. The van der Waals surface area contributed by atoms with E-state index in [1.165, 1.54) is 33.1 Å². The van der Waals surface area contributed by atoms with Crippen molar-refractivity contribution in [1.29, 1.82) is 0 Å². The van der Waals surface area contributed by atoms with E-state index in [0.29, 0.717) is 22.7 Å². The zero-order valence-corrected chi connectivity index (χ0v) is 17.6.